The van der Waals surface area contributed by atoms with Gasteiger partial charge in [0.1, 0.15) is 0 Å². The minimum atomic E-state index is 0.822. The van der Waals surface area contributed by atoms with Gasteiger partial charge in [-0.15, -0.1) is 0 Å². The quantitative estimate of drug-likeness (QED) is 0.784. The molecule has 0 spiro atoms. The second kappa shape index (κ2) is 4.60. The van der Waals surface area contributed by atoms with Gasteiger partial charge in [-0.3, -0.25) is 0 Å². The van der Waals surface area contributed by atoms with Gasteiger partial charge < -0.3 is 9.88 Å². The zero-order chi connectivity index (χ0) is 9.80. The SMILES string of the molecule is CCCn1cncc1CC1CCNC1. The van der Waals surface area contributed by atoms with Crippen LogP contribution in [0.3, 0.4) is 0 Å². The van der Waals surface area contributed by atoms with Gasteiger partial charge in [0.15, 0.2) is 0 Å². The van der Waals surface area contributed by atoms with E-state index >= 15 is 0 Å². The van der Waals surface area contributed by atoms with Crippen molar-refractivity contribution in [2.45, 2.75) is 32.7 Å². The van der Waals surface area contributed by atoms with Crippen molar-refractivity contribution in [3.05, 3.63) is 18.2 Å². The molecule has 1 aromatic heterocycles. The van der Waals surface area contributed by atoms with Crippen LogP contribution in [-0.2, 0) is 13.0 Å². The zero-order valence-electron chi connectivity index (χ0n) is 8.87. The number of nitrogens with one attached hydrogen (secondary N) is 1. The first-order valence-electron chi connectivity index (χ1n) is 5.60. The summed E-state index contributed by atoms with van der Waals surface area (Å²) in [4.78, 5) is 4.23. The maximum absolute atomic E-state index is 4.23. The summed E-state index contributed by atoms with van der Waals surface area (Å²) in [5.74, 6) is 0.822. The molecule has 0 saturated carbocycles. The molecule has 1 unspecified atom stereocenters. The molecular weight excluding hydrogens is 174 g/mol. The van der Waals surface area contributed by atoms with Gasteiger partial charge in [0.2, 0.25) is 0 Å². The van der Waals surface area contributed by atoms with E-state index in [1.165, 1.54) is 38.0 Å². The summed E-state index contributed by atoms with van der Waals surface area (Å²) in [5, 5.41) is 3.41. The van der Waals surface area contributed by atoms with Crippen molar-refractivity contribution < 1.29 is 0 Å². The summed E-state index contributed by atoms with van der Waals surface area (Å²) < 4.78 is 2.29. The summed E-state index contributed by atoms with van der Waals surface area (Å²) >= 11 is 0. The minimum absolute atomic E-state index is 0.822. The molecule has 0 aliphatic carbocycles. The lowest BCUT2D eigenvalue weighted by Crippen LogP contribution is -2.12. The molecule has 3 heteroatoms. The predicted octanol–water partition coefficient (Wildman–Crippen LogP) is 1.45. The third-order valence-electron chi connectivity index (χ3n) is 2.92. The molecule has 1 saturated heterocycles. The predicted molar refractivity (Wildman–Crippen MR) is 57.2 cm³/mol. The van der Waals surface area contributed by atoms with Gasteiger partial charge in [0.25, 0.3) is 0 Å². The van der Waals surface area contributed by atoms with Crippen molar-refractivity contribution in [1.82, 2.24) is 14.9 Å². The fourth-order valence-corrected chi connectivity index (χ4v) is 2.14. The zero-order valence-corrected chi connectivity index (χ0v) is 8.87. The molecule has 1 fully saturated rings. The molecule has 1 aromatic rings. The van der Waals surface area contributed by atoms with E-state index < -0.39 is 0 Å². The van der Waals surface area contributed by atoms with Crippen LogP contribution in [0.25, 0.3) is 0 Å². The summed E-state index contributed by atoms with van der Waals surface area (Å²) in [6.45, 7) is 5.68. The fourth-order valence-electron chi connectivity index (χ4n) is 2.14. The molecule has 78 valence electrons. The van der Waals surface area contributed by atoms with Crippen LogP contribution in [0.2, 0.25) is 0 Å². The van der Waals surface area contributed by atoms with E-state index in [1.54, 1.807) is 0 Å². The Hall–Kier alpha value is -0.830. The van der Waals surface area contributed by atoms with E-state index in [4.69, 9.17) is 0 Å². The van der Waals surface area contributed by atoms with Crippen LogP contribution in [0.5, 0.6) is 0 Å². The van der Waals surface area contributed by atoms with E-state index in [0.29, 0.717) is 0 Å². The number of imidazole rings is 1. The Morgan fingerprint density at radius 2 is 2.57 bits per heavy atom. The van der Waals surface area contributed by atoms with Gasteiger partial charge in [-0.25, -0.2) is 4.98 Å². The first-order chi connectivity index (χ1) is 6.90. The van der Waals surface area contributed by atoms with Crippen molar-refractivity contribution in [2.75, 3.05) is 13.1 Å². The third-order valence-corrected chi connectivity index (χ3v) is 2.92. The molecule has 0 radical (unpaired) electrons. The maximum atomic E-state index is 4.23. The average molecular weight is 193 g/mol. The van der Waals surface area contributed by atoms with Crippen LogP contribution in [0.4, 0.5) is 0 Å². The monoisotopic (exact) mass is 193 g/mol. The standard InChI is InChI=1S/C11H19N3/c1-2-5-14-9-13-8-11(14)6-10-3-4-12-7-10/h8-10,12H,2-7H2,1H3. The van der Waals surface area contributed by atoms with Crippen molar-refractivity contribution in [3.8, 4) is 0 Å². The van der Waals surface area contributed by atoms with Gasteiger partial charge in [0, 0.05) is 18.4 Å². The Labute approximate surface area is 85.5 Å². The Balaban J connectivity index is 1.96. The van der Waals surface area contributed by atoms with Gasteiger partial charge in [-0.2, -0.15) is 0 Å². The van der Waals surface area contributed by atoms with Crippen LogP contribution in [0.15, 0.2) is 12.5 Å². The molecule has 14 heavy (non-hydrogen) atoms. The molecule has 1 aliphatic rings. The van der Waals surface area contributed by atoms with Crippen molar-refractivity contribution in [2.24, 2.45) is 5.92 Å². The number of nitrogens with zero attached hydrogens (tertiary/aromatic N) is 2. The number of hydrogen-bond acceptors (Lipinski definition) is 2. The second-order valence-corrected chi connectivity index (χ2v) is 4.14. The average Bonchev–Trinajstić information content (AvgIpc) is 2.80. The van der Waals surface area contributed by atoms with E-state index in [1.807, 2.05) is 12.5 Å². The molecule has 0 bridgehead atoms. The lowest BCUT2D eigenvalue weighted by atomic mass is 10.0. The summed E-state index contributed by atoms with van der Waals surface area (Å²) in [5.41, 5.74) is 1.40. The third kappa shape index (κ3) is 2.15. The fraction of sp³-hybridized carbons (Fsp3) is 0.727. The first-order valence-corrected chi connectivity index (χ1v) is 5.60. The number of aromatic nitrogens is 2. The molecule has 1 atom stereocenters. The van der Waals surface area contributed by atoms with Gasteiger partial charge in [-0.1, -0.05) is 6.92 Å². The van der Waals surface area contributed by atoms with Crippen molar-refractivity contribution in [1.29, 1.82) is 0 Å². The van der Waals surface area contributed by atoms with E-state index in [2.05, 4.69) is 21.8 Å². The van der Waals surface area contributed by atoms with E-state index in [0.717, 1.165) is 12.5 Å². The van der Waals surface area contributed by atoms with Gasteiger partial charge in [-0.05, 0) is 38.3 Å². The van der Waals surface area contributed by atoms with E-state index in [-0.39, 0.29) is 0 Å². The van der Waals surface area contributed by atoms with Crippen molar-refractivity contribution >= 4 is 0 Å². The molecule has 2 rings (SSSR count). The van der Waals surface area contributed by atoms with Crippen molar-refractivity contribution in [3.63, 3.8) is 0 Å². The smallest absolute Gasteiger partial charge is 0.0948 e. The molecular formula is C11H19N3. The number of aryl methyl sites for hydroxylation is 1. The molecule has 0 aromatic carbocycles. The highest BCUT2D eigenvalue weighted by atomic mass is 15.0. The summed E-state index contributed by atoms with van der Waals surface area (Å²) in [6.07, 6.45) is 7.67. The number of hydrogen-bond donors (Lipinski definition) is 1. The number of rotatable bonds is 4. The Morgan fingerprint density at radius 1 is 1.64 bits per heavy atom. The minimum Gasteiger partial charge on any atom is -0.335 e. The van der Waals surface area contributed by atoms with Crippen LogP contribution in [0, 0.1) is 5.92 Å². The highest BCUT2D eigenvalue weighted by Crippen LogP contribution is 2.14. The Bertz CT molecular complexity index is 274. The molecule has 1 N–H and O–H groups in total. The van der Waals surface area contributed by atoms with Crippen LogP contribution < -0.4 is 5.32 Å². The van der Waals surface area contributed by atoms with Gasteiger partial charge in [0.05, 0.1) is 6.33 Å². The summed E-state index contributed by atoms with van der Waals surface area (Å²) in [6, 6.07) is 0. The van der Waals surface area contributed by atoms with E-state index in [9.17, 15) is 0 Å². The van der Waals surface area contributed by atoms with Crippen LogP contribution in [-0.4, -0.2) is 22.6 Å². The highest BCUT2D eigenvalue weighted by Gasteiger charge is 2.16. The Kier molecular flexibility index (Phi) is 3.19. The summed E-state index contributed by atoms with van der Waals surface area (Å²) in [7, 11) is 0. The highest BCUT2D eigenvalue weighted by molar-refractivity contribution is 5.00. The molecule has 3 nitrogen and oxygen atoms in total. The largest absolute Gasteiger partial charge is 0.335 e. The van der Waals surface area contributed by atoms with Crippen LogP contribution in [0.1, 0.15) is 25.5 Å². The molecule has 0 amide bonds. The lowest BCUT2D eigenvalue weighted by molar-refractivity contribution is 0.541. The Morgan fingerprint density at radius 3 is 3.29 bits per heavy atom. The first kappa shape index (κ1) is 9.71. The second-order valence-electron chi connectivity index (χ2n) is 4.14. The van der Waals surface area contributed by atoms with Gasteiger partial charge >= 0.3 is 0 Å². The topological polar surface area (TPSA) is 29.9 Å². The molecule has 1 aliphatic heterocycles. The van der Waals surface area contributed by atoms with Crippen LogP contribution >= 0.6 is 0 Å². The maximum Gasteiger partial charge on any atom is 0.0948 e. The normalized spacial score (nSPS) is 21.6. The molecule has 2 heterocycles. The lowest BCUT2D eigenvalue weighted by Gasteiger charge is -2.10.